The Morgan fingerprint density at radius 3 is 2.49 bits per heavy atom. The summed E-state index contributed by atoms with van der Waals surface area (Å²) in [5.41, 5.74) is 4.10. The minimum atomic E-state index is -0.596. The summed E-state index contributed by atoms with van der Waals surface area (Å²) in [5, 5.41) is 12.4. The van der Waals surface area contributed by atoms with Gasteiger partial charge in [-0.15, -0.1) is 21.5 Å². The van der Waals surface area contributed by atoms with Gasteiger partial charge in [0.1, 0.15) is 22.5 Å². The fourth-order valence-corrected chi connectivity index (χ4v) is 5.31. The summed E-state index contributed by atoms with van der Waals surface area (Å²) < 4.78 is 7.64. The zero-order valence-electron chi connectivity index (χ0n) is 22.2. The Balaban J connectivity index is 1.79. The second-order valence-electron chi connectivity index (χ2n) is 9.98. The number of fused-ring (bicyclic) bond motifs is 3. The average Bonchev–Trinajstić information content (AvgIpc) is 3.28. The lowest BCUT2D eigenvalue weighted by Gasteiger charge is -2.21. The molecule has 0 fully saturated rings. The molecule has 1 aliphatic rings. The largest absolute Gasteiger partial charge is 0.460 e. The second kappa shape index (κ2) is 10.3. The first-order chi connectivity index (χ1) is 17.4. The standard InChI is InChI=1S/C28H31N5O3S/c1-16-17(2)37-27-24(16)25(21-12-10-20(11-13-21)9-8-14-29-19(4)34)30-22(15-23(35)36-28(5,6)7)26-32-31-18(3)33(26)27/h10-13,22H,14-15H2,1-7H3,(H,29,34)/t22-/m0/s1. The van der Waals surface area contributed by atoms with Crippen LogP contribution in [0.1, 0.15) is 78.9 Å². The number of rotatable bonds is 4. The molecule has 0 spiro atoms. The van der Waals surface area contributed by atoms with Gasteiger partial charge < -0.3 is 10.1 Å². The molecule has 0 saturated carbocycles. The van der Waals surface area contributed by atoms with Gasteiger partial charge >= 0.3 is 5.97 Å². The number of carbonyl (C=O) groups excluding carboxylic acids is 2. The molecule has 1 N–H and O–H groups in total. The maximum absolute atomic E-state index is 12.9. The Hall–Kier alpha value is -3.77. The lowest BCUT2D eigenvalue weighted by Crippen LogP contribution is -2.25. The van der Waals surface area contributed by atoms with Crippen LogP contribution in [0.4, 0.5) is 0 Å². The molecule has 1 aliphatic heterocycles. The Morgan fingerprint density at radius 1 is 1.14 bits per heavy atom. The summed E-state index contributed by atoms with van der Waals surface area (Å²) >= 11 is 1.67. The fourth-order valence-electron chi connectivity index (χ4n) is 4.09. The first kappa shape index (κ1) is 26.3. The molecule has 8 nitrogen and oxygen atoms in total. The summed E-state index contributed by atoms with van der Waals surface area (Å²) in [4.78, 5) is 30.2. The highest BCUT2D eigenvalue weighted by atomic mass is 32.1. The van der Waals surface area contributed by atoms with E-state index < -0.39 is 11.6 Å². The topological polar surface area (TPSA) is 98.5 Å². The van der Waals surface area contributed by atoms with Crippen LogP contribution in [0.5, 0.6) is 0 Å². The number of hydrogen-bond acceptors (Lipinski definition) is 7. The molecule has 0 aliphatic carbocycles. The van der Waals surface area contributed by atoms with E-state index in [1.54, 1.807) is 11.3 Å². The summed E-state index contributed by atoms with van der Waals surface area (Å²) in [6, 6.07) is 7.29. The lowest BCUT2D eigenvalue weighted by atomic mass is 9.98. The van der Waals surface area contributed by atoms with Crippen molar-refractivity contribution < 1.29 is 14.3 Å². The number of ether oxygens (including phenoxy) is 1. The highest BCUT2D eigenvalue weighted by molar-refractivity contribution is 7.15. The normalized spacial score (nSPS) is 14.5. The molecule has 0 unspecified atom stereocenters. The van der Waals surface area contributed by atoms with Crippen LogP contribution in [0.2, 0.25) is 0 Å². The summed E-state index contributed by atoms with van der Waals surface area (Å²) in [5.74, 6) is 6.94. The molecular weight excluding hydrogens is 486 g/mol. The Morgan fingerprint density at radius 2 is 1.84 bits per heavy atom. The monoisotopic (exact) mass is 517 g/mol. The molecule has 3 aromatic rings. The van der Waals surface area contributed by atoms with E-state index in [4.69, 9.17) is 9.73 Å². The van der Waals surface area contributed by atoms with Crippen molar-refractivity contribution in [2.75, 3.05) is 6.54 Å². The SMILES string of the molecule is CC(=O)NCC#Cc1ccc(C2=N[C@@H](CC(=O)OC(C)(C)C)c3nnc(C)n3-c3sc(C)c(C)c32)cc1. The van der Waals surface area contributed by atoms with Crippen molar-refractivity contribution in [2.24, 2.45) is 4.99 Å². The molecule has 2 aromatic heterocycles. The van der Waals surface area contributed by atoms with Gasteiger partial charge in [-0.2, -0.15) is 0 Å². The van der Waals surface area contributed by atoms with E-state index in [0.29, 0.717) is 12.4 Å². The Bertz CT molecular complexity index is 1450. The smallest absolute Gasteiger partial charge is 0.308 e. The molecule has 1 atom stereocenters. The number of hydrogen-bond donors (Lipinski definition) is 1. The number of nitrogens with one attached hydrogen (secondary N) is 1. The summed E-state index contributed by atoms with van der Waals surface area (Å²) in [6.07, 6.45) is 0.0541. The number of aryl methyl sites for hydroxylation is 2. The van der Waals surface area contributed by atoms with Gasteiger partial charge in [0.25, 0.3) is 0 Å². The van der Waals surface area contributed by atoms with Crippen LogP contribution in [0.3, 0.4) is 0 Å². The van der Waals surface area contributed by atoms with Crippen molar-refractivity contribution in [3.63, 3.8) is 0 Å². The van der Waals surface area contributed by atoms with E-state index in [2.05, 4.69) is 41.2 Å². The van der Waals surface area contributed by atoms with Gasteiger partial charge in [0, 0.05) is 28.5 Å². The van der Waals surface area contributed by atoms with E-state index in [0.717, 1.165) is 38.8 Å². The molecular formula is C28H31N5O3S. The molecule has 1 amide bonds. The van der Waals surface area contributed by atoms with Crippen LogP contribution in [-0.4, -0.2) is 44.5 Å². The first-order valence-corrected chi connectivity index (χ1v) is 12.9. The van der Waals surface area contributed by atoms with Crippen molar-refractivity contribution in [3.05, 3.63) is 63.0 Å². The number of esters is 1. The van der Waals surface area contributed by atoms with Crippen LogP contribution >= 0.6 is 11.3 Å². The third-order valence-electron chi connectivity index (χ3n) is 5.84. The highest BCUT2D eigenvalue weighted by Gasteiger charge is 2.33. The molecule has 0 saturated heterocycles. The van der Waals surface area contributed by atoms with E-state index in [-0.39, 0.29) is 18.3 Å². The van der Waals surface area contributed by atoms with Crippen molar-refractivity contribution >= 4 is 28.9 Å². The van der Waals surface area contributed by atoms with Gasteiger partial charge in [-0.25, -0.2) is 0 Å². The highest BCUT2D eigenvalue weighted by Crippen LogP contribution is 2.39. The number of amides is 1. The van der Waals surface area contributed by atoms with Gasteiger partial charge in [-0.3, -0.25) is 19.1 Å². The van der Waals surface area contributed by atoms with Gasteiger partial charge in [0.15, 0.2) is 5.82 Å². The van der Waals surface area contributed by atoms with Gasteiger partial charge in [0.05, 0.1) is 18.7 Å². The van der Waals surface area contributed by atoms with Crippen molar-refractivity contribution in [3.8, 4) is 16.8 Å². The average molecular weight is 518 g/mol. The zero-order chi connectivity index (χ0) is 26.9. The predicted octanol–water partition coefficient (Wildman–Crippen LogP) is 4.37. The maximum Gasteiger partial charge on any atom is 0.308 e. The maximum atomic E-state index is 12.9. The van der Waals surface area contributed by atoms with E-state index in [1.807, 2.05) is 56.5 Å². The molecule has 3 heterocycles. The van der Waals surface area contributed by atoms with Crippen LogP contribution in [0.15, 0.2) is 29.3 Å². The molecule has 4 rings (SSSR count). The summed E-state index contributed by atoms with van der Waals surface area (Å²) in [7, 11) is 0. The summed E-state index contributed by atoms with van der Waals surface area (Å²) in [6.45, 7) is 13.4. The lowest BCUT2D eigenvalue weighted by molar-refractivity contribution is -0.155. The van der Waals surface area contributed by atoms with Crippen LogP contribution in [-0.2, 0) is 14.3 Å². The van der Waals surface area contributed by atoms with E-state index in [1.165, 1.54) is 11.8 Å². The van der Waals surface area contributed by atoms with Gasteiger partial charge in [-0.1, -0.05) is 24.0 Å². The molecule has 37 heavy (non-hydrogen) atoms. The van der Waals surface area contributed by atoms with Crippen LogP contribution < -0.4 is 5.32 Å². The van der Waals surface area contributed by atoms with Crippen LogP contribution in [0.25, 0.3) is 5.00 Å². The predicted molar refractivity (Wildman–Crippen MR) is 144 cm³/mol. The Labute approximate surface area is 221 Å². The molecule has 192 valence electrons. The molecule has 0 bridgehead atoms. The number of benzene rings is 1. The number of thiophene rings is 1. The minimum Gasteiger partial charge on any atom is -0.460 e. The van der Waals surface area contributed by atoms with Crippen molar-refractivity contribution in [1.82, 2.24) is 20.1 Å². The van der Waals surface area contributed by atoms with E-state index in [9.17, 15) is 9.59 Å². The van der Waals surface area contributed by atoms with E-state index >= 15 is 0 Å². The molecule has 1 aromatic carbocycles. The molecule has 9 heteroatoms. The van der Waals surface area contributed by atoms with Gasteiger partial charge in [-0.05, 0) is 59.2 Å². The number of aromatic nitrogens is 3. The molecule has 0 radical (unpaired) electrons. The quantitative estimate of drug-likeness (QED) is 0.409. The zero-order valence-corrected chi connectivity index (χ0v) is 23.0. The number of nitrogens with zero attached hydrogens (tertiary/aromatic N) is 4. The van der Waals surface area contributed by atoms with Crippen LogP contribution in [0, 0.1) is 32.6 Å². The third-order valence-corrected chi connectivity index (χ3v) is 7.03. The first-order valence-electron chi connectivity index (χ1n) is 12.1. The minimum absolute atomic E-state index is 0.0541. The van der Waals surface area contributed by atoms with Crippen molar-refractivity contribution in [1.29, 1.82) is 0 Å². The number of carbonyl (C=O) groups is 2. The van der Waals surface area contributed by atoms with Crippen molar-refractivity contribution in [2.45, 2.75) is 66.5 Å². The Kier molecular flexibility index (Phi) is 7.32. The fraction of sp³-hybridized carbons (Fsp3) is 0.393. The number of aliphatic imine (C=N–C) groups is 1. The second-order valence-corrected chi connectivity index (χ2v) is 11.2. The van der Waals surface area contributed by atoms with Gasteiger partial charge in [0.2, 0.25) is 5.91 Å². The third kappa shape index (κ3) is 5.81.